The van der Waals surface area contributed by atoms with Gasteiger partial charge in [-0.25, -0.2) is 4.98 Å². The number of carbonyl (C=O) groups excluding carboxylic acids is 2. The molecule has 0 saturated heterocycles. The van der Waals surface area contributed by atoms with Gasteiger partial charge in [0.05, 0.1) is 37.7 Å². The lowest BCUT2D eigenvalue weighted by molar-refractivity contribution is -0.140. The Hall–Kier alpha value is -3.54. The summed E-state index contributed by atoms with van der Waals surface area (Å²) in [5, 5.41) is 16.2. The van der Waals surface area contributed by atoms with Crippen LogP contribution in [0.5, 0.6) is 5.75 Å². The summed E-state index contributed by atoms with van der Waals surface area (Å²) in [6.45, 7) is -0.743. The summed E-state index contributed by atoms with van der Waals surface area (Å²) >= 11 is 0. The number of aliphatic hydroxyl groups excluding tert-OH is 1. The summed E-state index contributed by atoms with van der Waals surface area (Å²) in [4.78, 5) is 36.7. The van der Waals surface area contributed by atoms with Crippen LogP contribution >= 0.6 is 0 Å². The Bertz CT molecular complexity index is 1240. The Kier molecular flexibility index (Phi) is 7.57. The molecular weight excluding hydrogens is 510 g/mol. The Morgan fingerprint density at radius 2 is 1.87 bits per heavy atom. The summed E-state index contributed by atoms with van der Waals surface area (Å²) in [7, 11) is 2.78. The van der Waals surface area contributed by atoms with E-state index in [0.717, 1.165) is 49.8 Å². The van der Waals surface area contributed by atoms with E-state index >= 15 is 0 Å². The Balaban J connectivity index is 1.40. The van der Waals surface area contributed by atoms with Gasteiger partial charge in [0.15, 0.2) is 5.82 Å². The largest absolute Gasteiger partial charge is 0.495 e. The lowest BCUT2D eigenvalue weighted by Crippen LogP contribution is -2.48. The summed E-state index contributed by atoms with van der Waals surface area (Å²) in [5.74, 6) is -4.38. The molecular formula is C27H34F2N6O4. The van der Waals surface area contributed by atoms with Crippen LogP contribution in [0, 0.1) is 0 Å². The number of aliphatic hydroxyl groups is 1. The molecule has 2 saturated carbocycles. The number of methoxy groups -OCH3 is 1. The van der Waals surface area contributed by atoms with Crippen molar-refractivity contribution in [2.45, 2.75) is 75.5 Å². The van der Waals surface area contributed by atoms with Gasteiger partial charge >= 0.3 is 5.92 Å². The average Bonchev–Trinajstić information content (AvgIpc) is 3.45. The monoisotopic (exact) mass is 544 g/mol. The number of anilines is 4. The van der Waals surface area contributed by atoms with Gasteiger partial charge in [0.1, 0.15) is 11.4 Å². The molecule has 2 amide bonds. The van der Waals surface area contributed by atoms with Gasteiger partial charge in [0.25, 0.3) is 11.8 Å². The standard InChI is InChI=1S/C27H34F2N6O4/c1-34-20-14-30-26(33-23(20)35(17-7-3-4-8-17)15-27(28,29)25(34)38)32-19-12-11-16(13-22(19)39-2)24(37)31-18-9-5-6-10-21(18)36/h11-14,17-18,21,36H,3-10,15H2,1-2H3,(H,31,37)(H,30,32,33). The van der Waals surface area contributed by atoms with Crippen molar-refractivity contribution in [2.24, 2.45) is 0 Å². The molecule has 2 unspecified atom stereocenters. The van der Waals surface area contributed by atoms with Gasteiger partial charge in [-0.2, -0.15) is 13.8 Å². The third-order valence-electron chi connectivity index (χ3n) is 7.89. The van der Waals surface area contributed by atoms with Crippen molar-refractivity contribution in [1.29, 1.82) is 0 Å². The minimum Gasteiger partial charge on any atom is -0.495 e. The Labute approximate surface area is 225 Å². The number of alkyl halides is 2. The molecule has 2 heterocycles. The molecule has 0 spiro atoms. The molecule has 1 aromatic heterocycles. The fourth-order valence-corrected chi connectivity index (χ4v) is 5.69. The Morgan fingerprint density at radius 1 is 1.15 bits per heavy atom. The molecule has 2 aromatic rings. The molecule has 3 aliphatic rings. The first kappa shape index (κ1) is 27.0. The molecule has 210 valence electrons. The van der Waals surface area contributed by atoms with Gasteiger partial charge in [-0.1, -0.05) is 25.7 Å². The maximum absolute atomic E-state index is 14.8. The zero-order valence-corrected chi connectivity index (χ0v) is 22.1. The summed E-state index contributed by atoms with van der Waals surface area (Å²) in [6.07, 6.45) is 7.45. The highest BCUT2D eigenvalue weighted by molar-refractivity contribution is 6.02. The minimum absolute atomic E-state index is 0.142. The molecule has 2 atom stereocenters. The van der Waals surface area contributed by atoms with Crippen LogP contribution in [0.4, 0.5) is 31.9 Å². The van der Waals surface area contributed by atoms with Crippen molar-refractivity contribution in [3.8, 4) is 5.75 Å². The third kappa shape index (κ3) is 5.47. The number of hydrogen-bond acceptors (Lipinski definition) is 8. The van der Waals surface area contributed by atoms with Gasteiger partial charge in [-0.3, -0.25) is 9.59 Å². The highest BCUT2D eigenvalue weighted by Gasteiger charge is 2.48. The highest BCUT2D eigenvalue weighted by Crippen LogP contribution is 2.40. The second-order valence-electron chi connectivity index (χ2n) is 10.5. The summed E-state index contributed by atoms with van der Waals surface area (Å²) in [6, 6.07) is 4.42. The van der Waals surface area contributed by atoms with E-state index in [1.165, 1.54) is 20.4 Å². The van der Waals surface area contributed by atoms with Crippen LogP contribution in [0.25, 0.3) is 0 Å². The molecule has 3 N–H and O–H groups in total. The van der Waals surface area contributed by atoms with E-state index in [9.17, 15) is 23.5 Å². The minimum atomic E-state index is -3.56. The lowest BCUT2D eigenvalue weighted by Gasteiger charge is -2.31. The normalized spacial score (nSPS) is 23.3. The highest BCUT2D eigenvalue weighted by atomic mass is 19.3. The molecule has 2 aliphatic carbocycles. The number of ether oxygens (including phenoxy) is 1. The van der Waals surface area contributed by atoms with Crippen molar-refractivity contribution >= 4 is 35.0 Å². The van der Waals surface area contributed by atoms with Crippen molar-refractivity contribution in [3.63, 3.8) is 0 Å². The first-order valence-corrected chi connectivity index (χ1v) is 13.4. The molecule has 39 heavy (non-hydrogen) atoms. The molecule has 1 aromatic carbocycles. The van der Waals surface area contributed by atoms with Gasteiger partial charge in [0, 0.05) is 18.7 Å². The van der Waals surface area contributed by atoms with E-state index in [0.29, 0.717) is 23.4 Å². The predicted molar refractivity (Wildman–Crippen MR) is 142 cm³/mol. The third-order valence-corrected chi connectivity index (χ3v) is 7.89. The van der Waals surface area contributed by atoms with E-state index < -0.39 is 24.5 Å². The van der Waals surface area contributed by atoms with Crippen LogP contribution in [-0.2, 0) is 4.79 Å². The number of rotatable bonds is 6. The number of carbonyl (C=O) groups is 2. The average molecular weight is 545 g/mol. The first-order chi connectivity index (χ1) is 18.7. The van der Waals surface area contributed by atoms with Gasteiger partial charge in [-0.05, 0) is 43.9 Å². The van der Waals surface area contributed by atoms with Gasteiger partial charge in [0.2, 0.25) is 5.95 Å². The lowest BCUT2D eigenvalue weighted by atomic mass is 9.92. The predicted octanol–water partition coefficient (Wildman–Crippen LogP) is 3.62. The molecule has 12 heteroatoms. The second kappa shape index (κ2) is 10.9. The van der Waals surface area contributed by atoms with Gasteiger partial charge in [-0.15, -0.1) is 0 Å². The van der Waals surface area contributed by atoms with Crippen molar-refractivity contribution < 1.29 is 28.2 Å². The number of fused-ring (bicyclic) bond motifs is 1. The van der Waals surface area contributed by atoms with E-state index in [4.69, 9.17) is 4.74 Å². The number of hydrogen-bond donors (Lipinski definition) is 3. The SMILES string of the molecule is COc1cc(C(=O)NC2CCCCC2O)ccc1Nc1ncc2c(n1)N(C1CCCC1)CC(F)(F)C(=O)N2C. The fourth-order valence-electron chi connectivity index (χ4n) is 5.69. The van der Waals surface area contributed by atoms with E-state index in [2.05, 4.69) is 20.6 Å². The molecule has 1 aliphatic heterocycles. The van der Waals surface area contributed by atoms with Gasteiger partial charge < -0.3 is 30.3 Å². The van der Waals surface area contributed by atoms with Crippen molar-refractivity contribution in [1.82, 2.24) is 15.3 Å². The molecule has 0 bridgehead atoms. The second-order valence-corrected chi connectivity index (χ2v) is 10.5. The van der Waals surface area contributed by atoms with E-state index in [1.54, 1.807) is 23.1 Å². The summed E-state index contributed by atoms with van der Waals surface area (Å²) < 4.78 is 35.2. The molecule has 5 rings (SSSR count). The maximum atomic E-state index is 14.8. The zero-order chi connectivity index (χ0) is 27.7. The van der Waals surface area contributed by atoms with Crippen LogP contribution < -0.4 is 25.2 Å². The van der Waals surface area contributed by atoms with Crippen LogP contribution in [0.2, 0.25) is 0 Å². The number of halogens is 2. The number of aromatic nitrogens is 2. The van der Waals surface area contributed by atoms with E-state index in [1.807, 2.05) is 0 Å². The quantitative estimate of drug-likeness (QED) is 0.505. The van der Waals surface area contributed by atoms with Crippen molar-refractivity contribution in [2.75, 3.05) is 35.8 Å². The smallest absolute Gasteiger partial charge is 0.342 e. The number of nitrogens with one attached hydrogen (secondary N) is 2. The van der Waals surface area contributed by atoms with Crippen LogP contribution in [0.3, 0.4) is 0 Å². The number of amides is 2. The van der Waals surface area contributed by atoms with Crippen LogP contribution in [0.15, 0.2) is 24.4 Å². The molecule has 0 radical (unpaired) electrons. The number of benzene rings is 1. The summed E-state index contributed by atoms with van der Waals surface area (Å²) in [5.41, 5.74) is 1.06. The van der Waals surface area contributed by atoms with Crippen LogP contribution in [-0.4, -0.2) is 71.7 Å². The van der Waals surface area contributed by atoms with E-state index in [-0.39, 0.29) is 35.4 Å². The Morgan fingerprint density at radius 3 is 2.59 bits per heavy atom. The van der Waals surface area contributed by atoms with Crippen molar-refractivity contribution in [3.05, 3.63) is 30.0 Å². The maximum Gasteiger partial charge on any atom is 0.342 e. The fraction of sp³-hybridized carbons (Fsp3) is 0.556. The zero-order valence-electron chi connectivity index (χ0n) is 22.1. The molecule has 10 nitrogen and oxygen atoms in total. The number of nitrogens with zero attached hydrogens (tertiary/aromatic N) is 4. The van der Waals surface area contributed by atoms with Crippen LogP contribution in [0.1, 0.15) is 61.7 Å². The first-order valence-electron chi connectivity index (χ1n) is 13.4. The topological polar surface area (TPSA) is 120 Å². The molecule has 2 fully saturated rings.